The first kappa shape index (κ1) is 12.3. The summed E-state index contributed by atoms with van der Waals surface area (Å²) in [5, 5.41) is 6.61. The lowest BCUT2D eigenvalue weighted by atomic mass is 9.95. The molecule has 0 bridgehead atoms. The van der Waals surface area contributed by atoms with E-state index in [1.54, 1.807) is 6.92 Å². The van der Waals surface area contributed by atoms with Crippen molar-refractivity contribution in [1.29, 1.82) is 0 Å². The van der Waals surface area contributed by atoms with Gasteiger partial charge in [0.25, 0.3) is 0 Å². The summed E-state index contributed by atoms with van der Waals surface area (Å²) in [7, 11) is 0. The van der Waals surface area contributed by atoms with Crippen LogP contribution in [0, 0.1) is 6.92 Å². The zero-order valence-electron chi connectivity index (χ0n) is 10.5. The highest BCUT2D eigenvalue weighted by molar-refractivity contribution is 7.09. The van der Waals surface area contributed by atoms with Gasteiger partial charge in [-0.15, -0.1) is 0 Å². The molecule has 0 radical (unpaired) electrons. The number of hydrogen-bond acceptors (Lipinski definition) is 5. The molecule has 0 spiro atoms. The third kappa shape index (κ3) is 2.64. The van der Waals surface area contributed by atoms with Gasteiger partial charge in [-0.2, -0.15) is 4.37 Å². The predicted octanol–water partition coefficient (Wildman–Crippen LogP) is 1.50. The molecule has 0 fully saturated rings. The summed E-state index contributed by atoms with van der Waals surface area (Å²) < 4.78 is 4.05. The highest BCUT2D eigenvalue weighted by Gasteiger charge is 2.24. The van der Waals surface area contributed by atoms with E-state index in [-0.39, 0.29) is 11.9 Å². The Hall–Kier alpha value is -1.79. The zero-order valence-corrected chi connectivity index (χ0v) is 11.3. The molecule has 2 aromatic rings. The summed E-state index contributed by atoms with van der Waals surface area (Å²) in [5.74, 6) is 0.632. The monoisotopic (exact) mass is 274 g/mol. The number of hydrogen-bond donors (Lipinski definition) is 2. The average Bonchev–Trinajstić information content (AvgIpc) is 2.83. The van der Waals surface area contributed by atoms with Gasteiger partial charge in [0.05, 0.1) is 6.04 Å². The maximum atomic E-state index is 12.2. The van der Waals surface area contributed by atoms with E-state index in [0.29, 0.717) is 17.4 Å². The van der Waals surface area contributed by atoms with Gasteiger partial charge in [-0.1, -0.05) is 24.3 Å². The zero-order chi connectivity index (χ0) is 13.2. The molecule has 0 aliphatic carbocycles. The molecule has 98 valence electrons. The summed E-state index contributed by atoms with van der Waals surface area (Å²) in [6.45, 7) is 2.53. The summed E-state index contributed by atoms with van der Waals surface area (Å²) >= 11 is 1.21. The van der Waals surface area contributed by atoms with E-state index in [4.69, 9.17) is 0 Å². The number of fused-ring (bicyclic) bond motifs is 1. The SMILES string of the molecule is Cc1nsc(NC(=O)[C@H]2Cc3ccccc3CN2)n1. The number of carbonyl (C=O) groups is 1. The van der Waals surface area contributed by atoms with Crippen molar-refractivity contribution in [3.8, 4) is 0 Å². The van der Waals surface area contributed by atoms with Gasteiger partial charge in [0, 0.05) is 18.1 Å². The molecule has 3 rings (SSSR count). The number of aryl methyl sites for hydroxylation is 1. The van der Waals surface area contributed by atoms with Crippen molar-refractivity contribution in [2.45, 2.75) is 25.9 Å². The molecule has 0 saturated carbocycles. The van der Waals surface area contributed by atoms with Crippen LogP contribution in [-0.4, -0.2) is 21.3 Å². The number of benzene rings is 1. The first-order valence-electron chi connectivity index (χ1n) is 6.14. The third-order valence-electron chi connectivity index (χ3n) is 3.16. The van der Waals surface area contributed by atoms with Gasteiger partial charge in [-0.25, -0.2) is 4.98 Å². The van der Waals surface area contributed by atoms with Gasteiger partial charge >= 0.3 is 0 Å². The van der Waals surface area contributed by atoms with Crippen LogP contribution < -0.4 is 10.6 Å². The third-order valence-corrected chi connectivity index (χ3v) is 3.88. The Balaban J connectivity index is 1.69. The predicted molar refractivity (Wildman–Crippen MR) is 74.0 cm³/mol. The quantitative estimate of drug-likeness (QED) is 0.871. The lowest BCUT2D eigenvalue weighted by molar-refractivity contribution is -0.118. The second-order valence-electron chi connectivity index (χ2n) is 4.54. The molecule has 1 aromatic carbocycles. The molecule has 5 nitrogen and oxygen atoms in total. The Labute approximate surface area is 115 Å². The molecule has 6 heteroatoms. The van der Waals surface area contributed by atoms with Crippen molar-refractivity contribution in [2.75, 3.05) is 5.32 Å². The Morgan fingerprint density at radius 2 is 2.21 bits per heavy atom. The van der Waals surface area contributed by atoms with E-state index in [1.807, 2.05) is 12.1 Å². The van der Waals surface area contributed by atoms with Crippen molar-refractivity contribution in [3.63, 3.8) is 0 Å². The Kier molecular flexibility index (Phi) is 3.27. The number of aromatic nitrogens is 2. The van der Waals surface area contributed by atoms with Crippen LogP contribution in [0.5, 0.6) is 0 Å². The summed E-state index contributed by atoms with van der Waals surface area (Å²) in [6.07, 6.45) is 0.708. The van der Waals surface area contributed by atoms with E-state index >= 15 is 0 Å². The highest BCUT2D eigenvalue weighted by Crippen LogP contribution is 2.18. The van der Waals surface area contributed by atoms with Crippen LogP contribution in [0.1, 0.15) is 17.0 Å². The molecule has 2 heterocycles. The first-order valence-corrected chi connectivity index (χ1v) is 6.91. The smallest absolute Gasteiger partial charge is 0.243 e. The molecular formula is C13H14N4OS. The van der Waals surface area contributed by atoms with Crippen LogP contribution >= 0.6 is 11.5 Å². The number of nitrogens with one attached hydrogen (secondary N) is 2. The summed E-state index contributed by atoms with van der Waals surface area (Å²) in [4.78, 5) is 16.3. The number of rotatable bonds is 2. The Bertz CT molecular complexity index is 610. The summed E-state index contributed by atoms with van der Waals surface area (Å²) in [6, 6.07) is 7.98. The minimum Gasteiger partial charge on any atom is -0.301 e. The van der Waals surface area contributed by atoms with E-state index in [9.17, 15) is 4.79 Å². The molecule has 0 unspecified atom stereocenters. The van der Waals surface area contributed by atoms with Crippen LogP contribution in [0.2, 0.25) is 0 Å². The van der Waals surface area contributed by atoms with E-state index in [2.05, 4.69) is 32.1 Å². The first-order chi connectivity index (χ1) is 9.22. The fourth-order valence-corrected chi connectivity index (χ4v) is 2.76. The number of anilines is 1. The average molecular weight is 274 g/mol. The second kappa shape index (κ2) is 5.07. The van der Waals surface area contributed by atoms with Gasteiger partial charge in [0.15, 0.2) is 0 Å². The van der Waals surface area contributed by atoms with Gasteiger partial charge < -0.3 is 5.32 Å². The van der Waals surface area contributed by atoms with Crippen LogP contribution in [0.25, 0.3) is 0 Å². The van der Waals surface area contributed by atoms with Gasteiger partial charge in [0.2, 0.25) is 11.0 Å². The lowest BCUT2D eigenvalue weighted by Gasteiger charge is -2.24. The fraction of sp³-hybridized carbons (Fsp3) is 0.308. The van der Waals surface area contributed by atoms with Crippen molar-refractivity contribution >= 4 is 22.6 Å². The van der Waals surface area contributed by atoms with Crippen molar-refractivity contribution in [2.24, 2.45) is 0 Å². The maximum absolute atomic E-state index is 12.2. The summed E-state index contributed by atoms with van der Waals surface area (Å²) in [5.41, 5.74) is 2.49. The standard InChI is InChI=1S/C13H14N4OS/c1-8-15-13(19-17-8)16-12(18)11-6-9-4-2-3-5-10(9)7-14-11/h2-5,11,14H,6-7H2,1H3,(H,15,16,17,18)/t11-/m1/s1. The Morgan fingerprint density at radius 3 is 2.95 bits per heavy atom. The molecule has 1 aromatic heterocycles. The van der Waals surface area contributed by atoms with Crippen LogP contribution in [-0.2, 0) is 17.8 Å². The maximum Gasteiger partial charge on any atom is 0.243 e. The number of carbonyl (C=O) groups excluding carboxylic acids is 1. The molecule has 19 heavy (non-hydrogen) atoms. The van der Waals surface area contributed by atoms with Crippen LogP contribution in [0.15, 0.2) is 24.3 Å². The molecule has 2 N–H and O–H groups in total. The minimum absolute atomic E-state index is 0.0503. The van der Waals surface area contributed by atoms with Crippen molar-refractivity contribution < 1.29 is 4.79 Å². The van der Waals surface area contributed by atoms with Gasteiger partial charge in [-0.05, 0) is 24.5 Å². The van der Waals surface area contributed by atoms with E-state index in [0.717, 1.165) is 6.54 Å². The molecule has 1 aliphatic rings. The van der Waals surface area contributed by atoms with Crippen LogP contribution in [0.4, 0.5) is 5.13 Å². The highest BCUT2D eigenvalue weighted by atomic mass is 32.1. The van der Waals surface area contributed by atoms with Crippen molar-refractivity contribution in [3.05, 3.63) is 41.2 Å². The van der Waals surface area contributed by atoms with Gasteiger partial charge in [-0.3, -0.25) is 10.1 Å². The minimum atomic E-state index is -0.209. The second-order valence-corrected chi connectivity index (χ2v) is 5.29. The van der Waals surface area contributed by atoms with Gasteiger partial charge in [0.1, 0.15) is 5.82 Å². The molecule has 1 amide bonds. The Morgan fingerprint density at radius 1 is 1.42 bits per heavy atom. The van der Waals surface area contributed by atoms with E-state index < -0.39 is 0 Å². The van der Waals surface area contributed by atoms with E-state index in [1.165, 1.54) is 22.7 Å². The number of amides is 1. The van der Waals surface area contributed by atoms with Crippen molar-refractivity contribution in [1.82, 2.24) is 14.7 Å². The normalized spacial score (nSPS) is 17.8. The lowest BCUT2D eigenvalue weighted by Crippen LogP contribution is -2.44. The largest absolute Gasteiger partial charge is 0.301 e. The molecule has 1 atom stereocenters. The number of nitrogens with zero attached hydrogens (tertiary/aromatic N) is 2. The molecular weight excluding hydrogens is 260 g/mol. The fourth-order valence-electron chi connectivity index (χ4n) is 2.18. The van der Waals surface area contributed by atoms with Crippen LogP contribution in [0.3, 0.4) is 0 Å². The topological polar surface area (TPSA) is 66.9 Å². The molecule has 1 aliphatic heterocycles. The molecule has 0 saturated heterocycles.